The normalized spacial score (nSPS) is 18.2. The van der Waals surface area contributed by atoms with Gasteiger partial charge < -0.3 is 10.1 Å². The Hall–Kier alpha value is -3.96. The van der Waals surface area contributed by atoms with Crippen molar-refractivity contribution in [3.63, 3.8) is 0 Å². The van der Waals surface area contributed by atoms with Crippen molar-refractivity contribution in [1.29, 1.82) is 0 Å². The molecule has 3 aromatic carbocycles. The van der Waals surface area contributed by atoms with Crippen LogP contribution in [0, 0.1) is 5.92 Å². The number of rotatable bonds is 8. The van der Waals surface area contributed by atoms with Crippen LogP contribution in [0.15, 0.2) is 107 Å². The standard InChI is InChI=1S/C32H31ClN2O3/c1-21-28(31(36)34-19-11-14-24-12-6-4-7-13-24)30(26-17-10-18-27(33)20-26)29(22(2)35-21)32(37)38-23(3)25-15-8-5-9-16-25/h4-18,20,23,29-30H,19H2,1-3H3,(H,34,36). The van der Waals surface area contributed by atoms with E-state index in [1.54, 1.807) is 26.0 Å². The minimum Gasteiger partial charge on any atom is -0.457 e. The van der Waals surface area contributed by atoms with Gasteiger partial charge in [-0.3, -0.25) is 14.6 Å². The SMILES string of the molecule is CC1=NC(C)=C(C(=O)NCC=Cc2ccccc2)C(c2cccc(Cl)c2)C1C(=O)OC(C)c1ccccc1. The molecule has 1 heterocycles. The second-order valence-corrected chi connectivity index (χ2v) is 9.71. The molecule has 1 aliphatic heterocycles. The lowest BCUT2D eigenvalue weighted by Gasteiger charge is -2.32. The number of aliphatic imine (C=N–C) groups is 1. The molecule has 4 rings (SSSR count). The average Bonchev–Trinajstić information content (AvgIpc) is 2.91. The molecule has 1 N–H and O–H groups in total. The minimum absolute atomic E-state index is 0.282. The fourth-order valence-corrected chi connectivity index (χ4v) is 4.94. The number of hydrogen-bond acceptors (Lipinski definition) is 4. The van der Waals surface area contributed by atoms with Gasteiger partial charge in [-0.2, -0.15) is 0 Å². The first kappa shape index (κ1) is 27.1. The Morgan fingerprint density at radius 3 is 2.37 bits per heavy atom. The van der Waals surface area contributed by atoms with Crippen LogP contribution in [0.5, 0.6) is 0 Å². The predicted octanol–water partition coefficient (Wildman–Crippen LogP) is 6.92. The molecule has 0 aromatic heterocycles. The summed E-state index contributed by atoms with van der Waals surface area (Å²) in [6, 6.07) is 26.7. The van der Waals surface area contributed by atoms with Crippen molar-refractivity contribution in [2.24, 2.45) is 10.9 Å². The van der Waals surface area contributed by atoms with E-state index in [9.17, 15) is 9.59 Å². The quantitative estimate of drug-likeness (QED) is 0.324. The van der Waals surface area contributed by atoms with E-state index in [0.717, 1.165) is 16.7 Å². The lowest BCUT2D eigenvalue weighted by molar-refractivity contribution is -0.151. The van der Waals surface area contributed by atoms with E-state index in [1.807, 2.05) is 91.9 Å². The molecule has 0 radical (unpaired) electrons. The van der Waals surface area contributed by atoms with E-state index in [0.29, 0.717) is 28.5 Å². The number of nitrogens with zero attached hydrogens (tertiary/aromatic N) is 1. The third kappa shape index (κ3) is 6.48. The molecule has 6 heteroatoms. The lowest BCUT2D eigenvalue weighted by atomic mass is 9.75. The van der Waals surface area contributed by atoms with Gasteiger partial charge >= 0.3 is 5.97 Å². The number of hydrogen-bond donors (Lipinski definition) is 1. The molecule has 5 nitrogen and oxygen atoms in total. The Kier molecular flexibility index (Phi) is 8.93. The van der Waals surface area contributed by atoms with E-state index in [-0.39, 0.29) is 5.91 Å². The van der Waals surface area contributed by atoms with Crippen molar-refractivity contribution in [2.75, 3.05) is 6.54 Å². The highest BCUT2D eigenvalue weighted by Crippen LogP contribution is 2.41. The van der Waals surface area contributed by atoms with Gasteiger partial charge in [0.15, 0.2) is 0 Å². The Balaban J connectivity index is 1.62. The first-order valence-electron chi connectivity index (χ1n) is 12.6. The van der Waals surface area contributed by atoms with Crippen LogP contribution in [0.2, 0.25) is 5.02 Å². The van der Waals surface area contributed by atoms with Gasteiger partial charge in [-0.1, -0.05) is 96.5 Å². The second kappa shape index (κ2) is 12.5. The number of carbonyl (C=O) groups is 2. The zero-order valence-corrected chi connectivity index (χ0v) is 22.5. The number of allylic oxidation sites excluding steroid dienone is 1. The fourth-order valence-electron chi connectivity index (χ4n) is 4.74. The zero-order chi connectivity index (χ0) is 27.1. The highest BCUT2D eigenvalue weighted by molar-refractivity contribution is 6.30. The summed E-state index contributed by atoms with van der Waals surface area (Å²) >= 11 is 6.34. The van der Waals surface area contributed by atoms with Crippen LogP contribution in [-0.2, 0) is 14.3 Å². The molecule has 1 aliphatic rings. The molecule has 0 saturated carbocycles. The van der Waals surface area contributed by atoms with Gasteiger partial charge in [0.25, 0.3) is 0 Å². The Morgan fingerprint density at radius 2 is 1.68 bits per heavy atom. The summed E-state index contributed by atoms with van der Waals surface area (Å²) in [4.78, 5) is 31.8. The van der Waals surface area contributed by atoms with Crippen LogP contribution in [0.4, 0.5) is 0 Å². The second-order valence-electron chi connectivity index (χ2n) is 9.28. The van der Waals surface area contributed by atoms with Gasteiger partial charge in [-0.05, 0) is 49.6 Å². The van der Waals surface area contributed by atoms with E-state index >= 15 is 0 Å². The van der Waals surface area contributed by atoms with E-state index < -0.39 is 23.9 Å². The maximum Gasteiger partial charge on any atom is 0.316 e. The monoisotopic (exact) mass is 526 g/mol. The Bertz CT molecular complexity index is 1380. The third-order valence-electron chi connectivity index (χ3n) is 6.59. The topological polar surface area (TPSA) is 67.8 Å². The van der Waals surface area contributed by atoms with Gasteiger partial charge in [0.1, 0.15) is 12.0 Å². The molecule has 3 unspecified atom stereocenters. The molecular weight excluding hydrogens is 496 g/mol. The number of esters is 1. The van der Waals surface area contributed by atoms with E-state index in [2.05, 4.69) is 10.3 Å². The van der Waals surface area contributed by atoms with E-state index in [4.69, 9.17) is 16.3 Å². The van der Waals surface area contributed by atoms with Crippen LogP contribution >= 0.6 is 11.6 Å². The maximum atomic E-state index is 13.7. The van der Waals surface area contributed by atoms with Crippen molar-refractivity contribution in [1.82, 2.24) is 5.32 Å². The van der Waals surface area contributed by atoms with Crippen molar-refractivity contribution < 1.29 is 14.3 Å². The van der Waals surface area contributed by atoms with Crippen molar-refractivity contribution in [3.05, 3.63) is 124 Å². The first-order valence-corrected chi connectivity index (χ1v) is 13.0. The predicted molar refractivity (Wildman–Crippen MR) is 153 cm³/mol. The molecule has 0 aliphatic carbocycles. The molecule has 1 amide bonds. The molecule has 38 heavy (non-hydrogen) atoms. The largest absolute Gasteiger partial charge is 0.457 e. The van der Waals surface area contributed by atoms with Crippen LogP contribution < -0.4 is 5.32 Å². The van der Waals surface area contributed by atoms with Crippen LogP contribution in [-0.4, -0.2) is 24.1 Å². The number of benzene rings is 3. The highest BCUT2D eigenvalue weighted by atomic mass is 35.5. The third-order valence-corrected chi connectivity index (χ3v) is 6.82. The van der Waals surface area contributed by atoms with Gasteiger partial charge in [0.2, 0.25) is 5.91 Å². The molecule has 0 saturated heterocycles. The lowest BCUT2D eigenvalue weighted by Crippen LogP contribution is -2.39. The van der Waals surface area contributed by atoms with Crippen LogP contribution in [0.3, 0.4) is 0 Å². The first-order chi connectivity index (χ1) is 18.3. The fraction of sp³-hybridized carbons (Fsp3) is 0.219. The van der Waals surface area contributed by atoms with Crippen LogP contribution in [0.1, 0.15) is 49.5 Å². The summed E-state index contributed by atoms with van der Waals surface area (Å²) in [5.41, 5.74) is 4.28. The van der Waals surface area contributed by atoms with Crippen molar-refractivity contribution in [3.8, 4) is 0 Å². The average molecular weight is 527 g/mol. The summed E-state index contributed by atoms with van der Waals surface area (Å²) in [5.74, 6) is -2.09. The summed E-state index contributed by atoms with van der Waals surface area (Å²) < 4.78 is 5.92. The number of amides is 1. The minimum atomic E-state index is -0.774. The zero-order valence-electron chi connectivity index (χ0n) is 21.7. The molecular formula is C32H31ClN2O3. The summed E-state index contributed by atoms with van der Waals surface area (Å²) in [7, 11) is 0. The number of ether oxygens (including phenoxy) is 1. The van der Waals surface area contributed by atoms with Crippen molar-refractivity contribution >= 4 is 35.3 Å². The summed E-state index contributed by atoms with van der Waals surface area (Å²) in [5, 5.41) is 3.49. The molecule has 0 fully saturated rings. The van der Waals surface area contributed by atoms with Gasteiger partial charge in [-0.15, -0.1) is 0 Å². The Morgan fingerprint density at radius 1 is 1.00 bits per heavy atom. The summed E-state index contributed by atoms with van der Waals surface area (Å²) in [6.07, 6.45) is 3.39. The van der Waals surface area contributed by atoms with E-state index in [1.165, 1.54) is 0 Å². The number of halogens is 1. The molecule has 3 atom stereocenters. The van der Waals surface area contributed by atoms with Crippen LogP contribution in [0.25, 0.3) is 6.08 Å². The number of carbonyl (C=O) groups excluding carboxylic acids is 2. The van der Waals surface area contributed by atoms with Crippen molar-refractivity contribution in [2.45, 2.75) is 32.8 Å². The summed E-state index contributed by atoms with van der Waals surface area (Å²) in [6.45, 7) is 5.77. The maximum absolute atomic E-state index is 13.7. The van der Waals surface area contributed by atoms with Gasteiger partial charge in [-0.25, -0.2) is 0 Å². The molecule has 3 aromatic rings. The Labute approximate surface area is 228 Å². The highest BCUT2D eigenvalue weighted by Gasteiger charge is 2.42. The van der Waals surface area contributed by atoms with Gasteiger partial charge in [0.05, 0.1) is 0 Å². The van der Waals surface area contributed by atoms with Gasteiger partial charge in [0, 0.05) is 34.5 Å². The smallest absolute Gasteiger partial charge is 0.316 e. The molecule has 0 spiro atoms. The number of nitrogens with one attached hydrogen (secondary N) is 1. The molecule has 194 valence electrons. The molecule has 0 bridgehead atoms.